The highest BCUT2D eigenvalue weighted by atomic mass is 35.5. The summed E-state index contributed by atoms with van der Waals surface area (Å²) in [7, 11) is 1.77. The van der Waals surface area contributed by atoms with Gasteiger partial charge >= 0.3 is 0 Å². The van der Waals surface area contributed by atoms with E-state index in [1.165, 1.54) is 0 Å². The molecule has 0 aliphatic heterocycles. The Labute approximate surface area is 114 Å². The molecule has 0 fully saturated rings. The van der Waals surface area contributed by atoms with Gasteiger partial charge in [0.2, 0.25) is 5.91 Å². The van der Waals surface area contributed by atoms with Crippen molar-refractivity contribution in [1.82, 2.24) is 10.6 Å². The van der Waals surface area contributed by atoms with Gasteiger partial charge in [0.25, 0.3) is 0 Å². The number of carbonyl (C=O) groups excluding carboxylic acids is 1. The van der Waals surface area contributed by atoms with Crippen molar-refractivity contribution < 1.29 is 4.79 Å². The van der Waals surface area contributed by atoms with Crippen molar-refractivity contribution in [2.45, 2.75) is 32.2 Å². The van der Waals surface area contributed by atoms with Gasteiger partial charge in [-0.2, -0.15) is 0 Å². The third-order valence-electron chi connectivity index (χ3n) is 3.32. The smallest absolute Gasteiger partial charge is 0.234 e. The number of likely N-dealkylation sites (N-methyl/N-ethyl adjacent to an activating group) is 1. The summed E-state index contributed by atoms with van der Waals surface area (Å²) in [5, 5.41) is 6.70. The second-order valence-electron chi connectivity index (χ2n) is 4.37. The molecule has 0 spiro atoms. The van der Waals surface area contributed by atoms with E-state index in [4.69, 9.17) is 11.6 Å². The summed E-state index contributed by atoms with van der Waals surface area (Å²) in [5.41, 5.74) is 0.791. The molecule has 0 aliphatic rings. The van der Waals surface area contributed by atoms with E-state index in [-0.39, 0.29) is 11.4 Å². The third-order valence-corrected chi connectivity index (χ3v) is 3.57. The molecule has 0 unspecified atom stereocenters. The lowest BCUT2D eigenvalue weighted by atomic mass is 9.84. The van der Waals surface area contributed by atoms with Crippen molar-refractivity contribution in [2.24, 2.45) is 0 Å². The first-order valence-corrected chi connectivity index (χ1v) is 6.67. The second kappa shape index (κ2) is 6.76. The van der Waals surface area contributed by atoms with E-state index in [9.17, 15) is 4.79 Å². The Bertz CT molecular complexity index is 385. The van der Waals surface area contributed by atoms with E-state index in [2.05, 4.69) is 24.5 Å². The Morgan fingerprint density at radius 1 is 1.22 bits per heavy atom. The molecule has 2 N–H and O–H groups in total. The lowest BCUT2D eigenvalue weighted by Gasteiger charge is -2.33. The van der Waals surface area contributed by atoms with Gasteiger partial charge in [-0.05, 0) is 37.6 Å². The van der Waals surface area contributed by atoms with Crippen molar-refractivity contribution in [3.63, 3.8) is 0 Å². The number of rotatable bonds is 6. The Morgan fingerprint density at radius 2 is 1.78 bits per heavy atom. The quantitative estimate of drug-likeness (QED) is 0.833. The summed E-state index contributed by atoms with van der Waals surface area (Å²) in [4.78, 5) is 11.8. The van der Waals surface area contributed by atoms with Gasteiger partial charge in [0.1, 0.15) is 0 Å². The van der Waals surface area contributed by atoms with Gasteiger partial charge in [-0.15, -0.1) is 0 Å². The van der Waals surface area contributed by atoms with Gasteiger partial charge in [0, 0.05) is 5.02 Å². The molecular weight excluding hydrogens is 248 g/mol. The molecule has 4 heteroatoms. The average Bonchev–Trinajstić information content (AvgIpc) is 2.37. The first kappa shape index (κ1) is 15.0. The minimum absolute atomic E-state index is 0.0103. The molecule has 100 valence electrons. The van der Waals surface area contributed by atoms with Crippen molar-refractivity contribution in [2.75, 3.05) is 13.6 Å². The predicted octanol–water partition coefficient (Wildman–Crippen LogP) is 2.69. The van der Waals surface area contributed by atoms with E-state index in [0.717, 1.165) is 18.4 Å². The van der Waals surface area contributed by atoms with Gasteiger partial charge in [-0.1, -0.05) is 37.6 Å². The standard InChI is InChI=1S/C14H21ClN2O/c1-4-14(5-2,17-13(18)10-16-3)11-6-8-12(15)9-7-11/h6-9,16H,4-5,10H2,1-3H3,(H,17,18). The highest BCUT2D eigenvalue weighted by Crippen LogP contribution is 2.29. The maximum Gasteiger partial charge on any atom is 0.234 e. The molecular formula is C14H21ClN2O. The lowest BCUT2D eigenvalue weighted by molar-refractivity contribution is -0.122. The molecule has 0 aromatic heterocycles. The lowest BCUT2D eigenvalue weighted by Crippen LogP contribution is -2.47. The monoisotopic (exact) mass is 268 g/mol. The van der Waals surface area contributed by atoms with E-state index < -0.39 is 0 Å². The Kier molecular flexibility index (Phi) is 5.63. The Balaban J connectivity index is 2.98. The number of hydrogen-bond acceptors (Lipinski definition) is 2. The van der Waals surface area contributed by atoms with Crippen LogP contribution in [0.15, 0.2) is 24.3 Å². The van der Waals surface area contributed by atoms with Gasteiger partial charge < -0.3 is 10.6 Å². The molecule has 0 saturated carbocycles. The van der Waals surface area contributed by atoms with Crippen LogP contribution in [0.5, 0.6) is 0 Å². The van der Waals surface area contributed by atoms with Crippen molar-refractivity contribution in [3.8, 4) is 0 Å². The zero-order valence-corrected chi connectivity index (χ0v) is 12.0. The summed E-state index contributed by atoms with van der Waals surface area (Å²) < 4.78 is 0. The summed E-state index contributed by atoms with van der Waals surface area (Å²) in [5.74, 6) is 0.0103. The van der Waals surface area contributed by atoms with Crippen LogP contribution in [0.1, 0.15) is 32.3 Å². The predicted molar refractivity (Wildman–Crippen MR) is 75.8 cm³/mol. The van der Waals surface area contributed by atoms with Crippen LogP contribution in [0, 0.1) is 0 Å². The molecule has 0 heterocycles. The number of amides is 1. The number of hydrogen-bond donors (Lipinski definition) is 2. The summed E-state index contributed by atoms with van der Waals surface area (Å²) in [6.45, 7) is 4.49. The highest BCUT2D eigenvalue weighted by molar-refractivity contribution is 6.30. The van der Waals surface area contributed by atoms with Crippen LogP contribution < -0.4 is 10.6 Å². The van der Waals surface area contributed by atoms with Crippen molar-refractivity contribution >= 4 is 17.5 Å². The molecule has 18 heavy (non-hydrogen) atoms. The zero-order valence-electron chi connectivity index (χ0n) is 11.2. The molecule has 0 radical (unpaired) electrons. The molecule has 3 nitrogen and oxygen atoms in total. The number of nitrogens with one attached hydrogen (secondary N) is 2. The first-order valence-electron chi connectivity index (χ1n) is 6.29. The minimum Gasteiger partial charge on any atom is -0.346 e. The van der Waals surface area contributed by atoms with Crippen LogP contribution in [-0.4, -0.2) is 19.5 Å². The second-order valence-corrected chi connectivity index (χ2v) is 4.81. The number of benzene rings is 1. The fourth-order valence-corrected chi connectivity index (χ4v) is 2.27. The van der Waals surface area contributed by atoms with Gasteiger partial charge in [0.05, 0.1) is 12.1 Å². The highest BCUT2D eigenvalue weighted by Gasteiger charge is 2.29. The van der Waals surface area contributed by atoms with Gasteiger partial charge in [0.15, 0.2) is 0 Å². The molecule has 1 rings (SSSR count). The molecule has 0 saturated heterocycles. The van der Waals surface area contributed by atoms with Crippen molar-refractivity contribution in [3.05, 3.63) is 34.9 Å². The summed E-state index contributed by atoms with van der Waals surface area (Å²) in [6, 6.07) is 7.69. The van der Waals surface area contributed by atoms with E-state index in [0.29, 0.717) is 11.6 Å². The van der Waals surface area contributed by atoms with Crippen LogP contribution in [-0.2, 0) is 10.3 Å². The Hall–Kier alpha value is -1.06. The number of carbonyl (C=O) groups is 1. The average molecular weight is 269 g/mol. The van der Waals surface area contributed by atoms with Crippen LogP contribution in [0.25, 0.3) is 0 Å². The van der Waals surface area contributed by atoms with Crippen LogP contribution >= 0.6 is 11.6 Å². The van der Waals surface area contributed by atoms with Crippen LogP contribution in [0.4, 0.5) is 0 Å². The molecule has 1 aromatic carbocycles. The summed E-state index contributed by atoms with van der Waals surface area (Å²) >= 11 is 5.91. The maximum absolute atomic E-state index is 11.8. The largest absolute Gasteiger partial charge is 0.346 e. The van der Waals surface area contributed by atoms with E-state index in [1.807, 2.05) is 24.3 Å². The molecule has 0 atom stereocenters. The topological polar surface area (TPSA) is 41.1 Å². The van der Waals surface area contributed by atoms with Crippen LogP contribution in [0.2, 0.25) is 5.02 Å². The molecule has 0 bridgehead atoms. The fraction of sp³-hybridized carbons (Fsp3) is 0.500. The van der Waals surface area contributed by atoms with Gasteiger partial charge in [-0.3, -0.25) is 4.79 Å². The molecule has 1 amide bonds. The molecule has 0 aliphatic carbocycles. The van der Waals surface area contributed by atoms with Gasteiger partial charge in [-0.25, -0.2) is 0 Å². The van der Waals surface area contributed by atoms with E-state index in [1.54, 1.807) is 7.05 Å². The zero-order chi connectivity index (χ0) is 13.6. The molecule has 1 aromatic rings. The van der Waals surface area contributed by atoms with Crippen LogP contribution in [0.3, 0.4) is 0 Å². The maximum atomic E-state index is 11.8. The fourth-order valence-electron chi connectivity index (χ4n) is 2.15. The van der Waals surface area contributed by atoms with E-state index >= 15 is 0 Å². The number of halogens is 1. The third kappa shape index (κ3) is 3.47. The minimum atomic E-state index is -0.307. The first-order chi connectivity index (χ1) is 8.57. The SMILES string of the molecule is CCC(CC)(NC(=O)CNC)c1ccc(Cl)cc1. The Morgan fingerprint density at radius 3 is 2.22 bits per heavy atom. The van der Waals surface area contributed by atoms with Crippen molar-refractivity contribution in [1.29, 1.82) is 0 Å². The summed E-state index contributed by atoms with van der Waals surface area (Å²) in [6.07, 6.45) is 1.70. The normalized spacial score (nSPS) is 11.3.